The Morgan fingerprint density at radius 2 is 1.13 bits per heavy atom. The van der Waals surface area contributed by atoms with E-state index >= 15 is 0 Å². The van der Waals surface area contributed by atoms with Crippen LogP contribution in [0.25, 0.3) is 54.6 Å². The van der Waals surface area contributed by atoms with Gasteiger partial charge in [-0.2, -0.15) is 0 Å². The largest absolute Gasteiger partial charge is 0.462 e. The molecule has 6 aromatic rings. The number of unbranched alkanes of at least 4 members (excludes halogenated alkanes) is 4. The molecule has 0 heterocycles. The lowest BCUT2D eigenvalue weighted by molar-refractivity contribution is -0.139. The number of halogens is 1. The van der Waals surface area contributed by atoms with Crippen LogP contribution in [0.15, 0.2) is 115 Å². The highest BCUT2D eigenvalue weighted by atomic mass is 127. The molecule has 0 aliphatic heterocycles. The summed E-state index contributed by atoms with van der Waals surface area (Å²) in [6.45, 7) is 11.6. The zero-order valence-corrected chi connectivity index (χ0v) is 32.3. The van der Waals surface area contributed by atoms with Crippen LogP contribution in [0.3, 0.4) is 0 Å². The molecule has 0 N–H and O–H groups in total. The summed E-state index contributed by atoms with van der Waals surface area (Å²) in [7, 11) is 0. The van der Waals surface area contributed by atoms with E-state index in [9.17, 15) is 9.59 Å². The zero-order chi connectivity index (χ0) is 36.4. The molecule has 0 fully saturated rings. The van der Waals surface area contributed by atoms with E-state index in [1.165, 1.54) is 69.3 Å². The first-order valence-corrected chi connectivity index (χ1v) is 19.5. The Balaban J connectivity index is 1.24. The summed E-state index contributed by atoms with van der Waals surface area (Å²) in [5.41, 5.74) is 8.63. The summed E-state index contributed by atoms with van der Waals surface area (Å²) < 4.78 is 12.1. The van der Waals surface area contributed by atoms with Crippen LogP contribution in [0.4, 0.5) is 0 Å². The standard InChI is InChI=1S/C47H45IO4/c1-30(2)45(49)51-27-11-5-9-25-47(26-10-6-12-28-52-46(50)31(3)4)40-14-8-7-13-36(40)37-21-18-34(29-41(37)47)35-20-15-32-17-23-39-42(48)24-19-33-16-22-38(35)43(32)44(33)39/h7-8,13-24,29H,1,3,5-6,9-12,25-28H2,2,4H3. The highest BCUT2D eigenvalue weighted by molar-refractivity contribution is 14.1. The van der Waals surface area contributed by atoms with Gasteiger partial charge in [-0.3, -0.25) is 0 Å². The van der Waals surface area contributed by atoms with Crippen molar-refractivity contribution in [3.8, 4) is 22.3 Å². The van der Waals surface area contributed by atoms with Gasteiger partial charge in [-0.25, -0.2) is 9.59 Å². The molecule has 264 valence electrons. The average molecular weight is 801 g/mol. The number of ether oxygens (including phenoxy) is 2. The summed E-state index contributed by atoms with van der Waals surface area (Å²) in [4.78, 5) is 23.9. The van der Waals surface area contributed by atoms with Crippen LogP contribution in [-0.2, 0) is 24.5 Å². The van der Waals surface area contributed by atoms with E-state index in [-0.39, 0.29) is 17.4 Å². The molecule has 1 aliphatic carbocycles. The van der Waals surface area contributed by atoms with Crippen molar-refractivity contribution in [2.24, 2.45) is 0 Å². The summed E-state index contributed by atoms with van der Waals surface area (Å²) in [6, 6.07) is 34.2. The number of fused-ring (bicyclic) bond motifs is 3. The SMILES string of the molecule is C=C(C)C(=O)OCCCCCC1(CCCCCOC(=O)C(=C)C)c2ccccc2-c2ccc(-c3ccc4ccc5c(I)ccc6ccc3c4c65)cc21. The highest BCUT2D eigenvalue weighted by Crippen LogP contribution is 2.55. The van der Waals surface area contributed by atoms with E-state index in [0.29, 0.717) is 24.4 Å². The third-order valence-corrected chi connectivity index (χ3v) is 11.8. The van der Waals surface area contributed by atoms with Gasteiger partial charge in [-0.05, 0) is 140 Å². The van der Waals surface area contributed by atoms with E-state index in [4.69, 9.17) is 9.47 Å². The second kappa shape index (κ2) is 15.2. The van der Waals surface area contributed by atoms with Gasteiger partial charge in [0.05, 0.1) is 13.2 Å². The third kappa shape index (κ3) is 6.76. The van der Waals surface area contributed by atoms with Gasteiger partial charge in [0.15, 0.2) is 0 Å². The number of carbonyl (C=O) groups is 2. The number of esters is 2. The van der Waals surface area contributed by atoms with Gasteiger partial charge in [-0.1, -0.05) is 118 Å². The lowest BCUT2D eigenvalue weighted by Gasteiger charge is -2.33. The van der Waals surface area contributed by atoms with Crippen molar-refractivity contribution in [2.45, 2.75) is 70.6 Å². The maximum absolute atomic E-state index is 12.0. The molecule has 6 aromatic carbocycles. The van der Waals surface area contributed by atoms with Crippen molar-refractivity contribution in [3.63, 3.8) is 0 Å². The molecule has 0 unspecified atom stereocenters. The van der Waals surface area contributed by atoms with Crippen LogP contribution in [0.2, 0.25) is 0 Å². The van der Waals surface area contributed by atoms with Crippen molar-refractivity contribution in [1.82, 2.24) is 0 Å². The number of hydrogen-bond donors (Lipinski definition) is 0. The van der Waals surface area contributed by atoms with Gasteiger partial charge < -0.3 is 9.47 Å². The normalized spacial score (nSPS) is 13.0. The summed E-state index contributed by atoms with van der Waals surface area (Å²) in [5, 5.41) is 7.81. The quantitative estimate of drug-likeness (QED) is 0.0341. The molecule has 1 aliphatic rings. The van der Waals surface area contributed by atoms with E-state index in [2.05, 4.69) is 127 Å². The fraction of sp³-hybridized carbons (Fsp3) is 0.277. The first kappa shape index (κ1) is 35.9. The lowest BCUT2D eigenvalue weighted by atomic mass is 9.70. The van der Waals surface area contributed by atoms with Crippen LogP contribution in [0, 0.1) is 3.57 Å². The molecule has 0 saturated carbocycles. The van der Waals surface area contributed by atoms with E-state index < -0.39 is 0 Å². The monoisotopic (exact) mass is 800 g/mol. The summed E-state index contributed by atoms with van der Waals surface area (Å²) >= 11 is 2.46. The molecule has 0 spiro atoms. The molecule has 52 heavy (non-hydrogen) atoms. The molecule has 0 aromatic heterocycles. The predicted octanol–water partition coefficient (Wildman–Crippen LogP) is 12.5. The lowest BCUT2D eigenvalue weighted by Crippen LogP contribution is -2.25. The predicted molar refractivity (Wildman–Crippen MR) is 223 cm³/mol. The number of rotatable bonds is 15. The first-order valence-electron chi connectivity index (χ1n) is 18.5. The molecule has 0 bridgehead atoms. The van der Waals surface area contributed by atoms with Crippen molar-refractivity contribution in [1.29, 1.82) is 0 Å². The van der Waals surface area contributed by atoms with Gasteiger partial charge in [0.2, 0.25) is 0 Å². The summed E-state index contributed by atoms with van der Waals surface area (Å²) in [5.74, 6) is -0.642. The first-order chi connectivity index (χ1) is 25.2. The molecule has 7 rings (SSSR count). The average Bonchev–Trinajstić information content (AvgIpc) is 3.42. The van der Waals surface area contributed by atoms with E-state index in [1.54, 1.807) is 13.8 Å². The second-order valence-electron chi connectivity index (χ2n) is 14.4. The van der Waals surface area contributed by atoms with Crippen LogP contribution in [-0.4, -0.2) is 25.2 Å². The molecule has 5 heteroatoms. The Hall–Kier alpha value is -4.49. The minimum absolute atomic E-state index is 0.162. The van der Waals surface area contributed by atoms with Crippen molar-refractivity contribution in [2.75, 3.05) is 13.2 Å². The Labute approximate surface area is 320 Å². The zero-order valence-electron chi connectivity index (χ0n) is 30.2. The van der Waals surface area contributed by atoms with Crippen LogP contribution in [0.5, 0.6) is 0 Å². The van der Waals surface area contributed by atoms with E-state index in [1.807, 2.05) is 0 Å². The van der Waals surface area contributed by atoms with Crippen LogP contribution < -0.4 is 0 Å². The smallest absolute Gasteiger partial charge is 0.333 e. The number of benzene rings is 6. The Bertz CT molecular complexity index is 2290. The van der Waals surface area contributed by atoms with Gasteiger partial charge >= 0.3 is 11.9 Å². The van der Waals surface area contributed by atoms with Crippen molar-refractivity contribution >= 4 is 66.8 Å². The second-order valence-corrected chi connectivity index (χ2v) is 15.6. The Kier molecular flexibility index (Phi) is 10.5. The van der Waals surface area contributed by atoms with Gasteiger partial charge in [0, 0.05) is 20.1 Å². The Morgan fingerprint density at radius 1 is 0.596 bits per heavy atom. The van der Waals surface area contributed by atoms with Crippen LogP contribution >= 0.6 is 22.6 Å². The third-order valence-electron chi connectivity index (χ3n) is 10.8. The Morgan fingerprint density at radius 3 is 1.79 bits per heavy atom. The minimum Gasteiger partial charge on any atom is -0.462 e. The van der Waals surface area contributed by atoms with E-state index in [0.717, 1.165) is 51.4 Å². The van der Waals surface area contributed by atoms with Gasteiger partial charge in [-0.15, -0.1) is 0 Å². The fourth-order valence-electron chi connectivity index (χ4n) is 8.29. The fourth-order valence-corrected chi connectivity index (χ4v) is 8.92. The van der Waals surface area contributed by atoms with Crippen LogP contribution in [0.1, 0.15) is 76.3 Å². The van der Waals surface area contributed by atoms with Crippen molar-refractivity contribution < 1.29 is 19.1 Å². The van der Waals surface area contributed by atoms with Gasteiger partial charge in [0.1, 0.15) is 0 Å². The molecule has 0 radical (unpaired) electrons. The molecular weight excluding hydrogens is 755 g/mol. The maximum Gasteiger partial charge on any atom is 0.333 e. The molecule has 4 nitrogen and oxygen atoms in total. The minimum atomic E-state index is -0.321. The van der Waals surface area contributed by atoms with Gasteiger partial charge in [0.25, 0.3) is 0 Å². The molecule has 0 atom stereocenters. The molecule has 0 amide bonds. The number of hydrogen-bond acceptors (Lipinski definition) is 4. The van der Waals surface area contributed by atoms with Crippen molar-refractivity contribution in [3.05, 3.63) is 130 Å². The molecular formula is C47H45IO4. The number of carbonyl (C=O) groups excluding carboxylic acids is 2. The summed E-state index contributed by atoms with van der Waals surface area (Å²) in [6.07, 6.45) is 7.58. The topological polar surface area (TPSA) is 52.6 Å². The highest BCUT2D eigenvalue weighted by Gasteiger charge is 2.42. The maximum atomic E-state index is 12.0. The molecule has 0 saturated heterocycles.